The number of carbonyl (C=O) groups is 4. The van der Waals surface area contributed by atoms with Crippen molar-refractivity contribution in [2.24, 2.45) is 5.92 Å². The fourth-order valence-corrected chi connectivity index (χ4v) is 7.49. The zero-order valence-electron chi connectivity index (χ0n) is 27.6. The minimum atomic E-state index is -1.40. The number of hydrogen-bond acceptors (Lipinski definition) is 7. The highest BCUT2D eigenvalue weighted by molar-refractivity contribution is 6.35. The van der Waals surface area contributed by atoms with E-state index in [0.717, 1.165) is 56.0 Å². The van der Waals surface area contributed by atoms with Crippen LogP contribution in [0.2, 0.25) is 5.02 Å². The molecule has 12 heteroatoms. The van der Waals surface area contributed by atoms with E-state index in [1.54, 1.807) is 6.07 Å². The summed E-state index contributed by atoms with van der Waals surface area (Å²) in [7, 11) is 0. The lowest BCUT2D eigenvalue weighted by Crippen LogP contribution is -2.53. The fourth-order valence-electron chi connectivity index (χ4n) is 7.27. The average Bonchev–Trinajstić information content (AvgIpc) is 3.32. The molecule has 3 fully saturated rings. The minimum absolute atomic E-state index is 0.0237. The summed E-state index contributed by atoms with van der Waals surface area (Å²) in [6, 6.07) is 5.90. The maximum absolute atomic E-state index is 14.1. The Morgan fingerprint density at radius 1 is 1.12 bits per heavy atom. The van der Waals surface area contributed by atoms with E-state index < -0.39 is 41.7 Å². The highest BCUT2D eigenvalue weighted by atomic mass is 35.5. The number of carbonyl (C=O) groups excluding carboxylic acids is 3. The van der Waals surface area contributed by atoms with Gasteiger partial charge in [0.2, 0.25) is 11.8 Å². The van der Waals surface area contributed by atoms with Gasteiger partial charge in [0.25, 0.3) is 0 Å². The first-order chi connectivity index (χ1) is 23.0. The number of amides is 3. The second-order valence-electron chi connectivity index (χ2n) is 14.0. The number of carboxylic acid groups (broad SMARTS) is 1. The smallest absolute Gasteiger partial charge is 0.407 e. The van der Waals surface area contributed by atoms with Crippen LogP contribution in [0.25, 0.3) is 10.9 Å². The third kappa shape index (κ3) is 7.41. The number of pyridine rings is 1. The maximum Gasteiger partial charge on any atom is 0.407 e. The van der Waals surface area contributed by atoms with Gasteiger partial charge in [-0.05, 0) is 69.4 Å². The predicted molar refractivity (Wildman–Crippen MR) is 180 cm³/mol. The van der Waals surface area contributed by atoms with Crippen LogP contribution in [-0.2, 0) is 19.1 Å². The zero-order valence-corrected chi connectivity index (χ0v) is 28.3. The van der Waals surface area contributed by atoms with Crippen molar-refractivity contribution in [3.63, 3.8) is 0 Å². The van der Waals surface area contributed by atoms with Gasteiger partial charge in [0.05, 0.1) is 17.1 Å². The van der Waals surface area contributed by atoms with Gasteiger partial charge < -0.3 is 30.1 Å². The lowest BCUT2D eigenvalue weighted by molar-refractivity contribution is -0.145. The summed E-state index contributed by atoms with van der Waals surface area (Å²) in [5.41, 5.74) is -0.00160. The van der Waals surface area contributed by atoms with Crippen molar-refractivity contribution in [2.45, 2.75) is 120 Å². The Balaban J connectivity index is 1.27. The molecule has 1 aromatic carbocycles. The molecule has 4 aliphatic rings. The number of aliphatic carboxylic acids is 1. The van der Waals surface area contributed by atoms with E-state index >= 15 is 0 Å². The lowest BCUT2D eigenvalue weighted by Gasteiger charge is -2.27. The number of carboxylic acids is 1. The molecule has 11 nitrogen and oxygen atoms in total. The van der Waals surface area contributed by atoms with Gasteiger partial charge in [-0.25, -0.2) is 9.59 Å². The summed E-state index contributed by atoms with van der Waals surface area (Å²) in [6.45, 7) is 4.16. The average molecular weight is 681 g/mol. The Kier molecular flexibility index (Phi) is 10.1. The number of benzene rings is 1. The van der Waals surface area contributed by atoms with Gasteiger partial charge in [0.15, 0.2) is 0 Å². The van der Waals surface area contributed by atoms with E-state index in [1.165, 1.54) is 4.90 Å². The number of nitrogens with zero attached hydrogens (tertiary/aromatic N) is 2. The Morgan fingerprint density at radius 2 is 1.90 bits per heavy atom. The first-order valence-electron chi connectivity index (χ1n) is 17.3. The molecular weight excluding hydrogens is 636 g/mol. The molecule has 2 saturated carbocycles. The molecule has 0 unspecified atom stereocenters. The van der Waals surface area contributed by atoms with Crippen LogP contribution in [0.5, 0.6) is 5.75 Å². The van der Waals surface area contributed by atoms with Crippen LogP contribution in [0.15, 0.2) is 36.4 Å². The topological polar surface area (TPSA) is 147 Å². The highest BCUT2D eigenvalue weighted by Gasteiger charge is 2.61. The van der Waals surface area contributed by atoms with E-state index in [-0.39, 0.29) is 43.2 Å². The molecule has 6 rings (SSSR count). The van der Waals surface area contributed by atoms with E-state index in [2.05, 4.69) is 10.6 Å². The monoisotopic (exact) mass is 680 g/mol. The summed E-state index contributed by atoms with van der Waals surface area (Å²) in [6.07, 6.45) is 9.66. The van der Waals surface area contributed by atoms with Crippen molar-refractivity contribution < 1.29 is 33.8 Å². The van der Waals surface area contributed by atoms with Crippen LogP contribution in [0.1, 0.15) is 96.1 Å². The third-order valence-electron chi connectivity index (χ3n) is 10.1. The second kappa shape index (κ2) is 14.3. The quantitative estimate of drug-likeness (QED) is 0.321. The van der Waals surface area contributed by atoms with Crippen LogP contribution in [-0.4, -0.2) is 75.2 Å². The van der Waals surface area contributed by atoms with Crippen LogP contribution in [0.4, 0.5) is 4.79 Å². The van der Waals surface area contributed by atoms with Crippen LogP contribution in [0, 0.1) is 5.92 Å². The van der Waals surface area contributed by atoms with Crippen molar-refractivity contribution in [3.05, 3.63) is 47.1 Å². The molecule has 5 atom stereocenters. The SMILES string of the molecule is CC(C)c1cc(O[C@@H]2C[C@H]3C(=O)N[C@]4(C(=O)O)C[C@H]4/C=C\CCCC[C@H](NC(=O)OC4CCCC4)CC(=O)N3C2)c2cccc(Cl)c2n1. The normalized spacial score (nSPS) is 29.0. The molecule has 2 aliphatic heterocycles. The molecule has 3 N–H and O–H groups in total. The summed E-state index contributed by atoms with van der Waals surface area (Å²) in [4.78, 5) is 59.5. The zero-order chi connectivity index (χ0) is 34.0. The first-order valence-corrected chi connectivity index (χ1v) is 17.7. The standard InChI is InChI=1S/C36H45ClN4O7/c1-21(2)28-18-30(26-14-9-15-27(37)32(26)39-28)47-25-17-29-33(43)40-36(34(44)45)19-22(36)10-5-3-4-6-11-23(16-31(42)41(29)20-25)38-35(46)48-24-12-7-8-13-24/h5,9-10,14-15,18,21-25,29H,3-4,6-8,11-13,16-17,19-20H2,1-2H3,(H,38,46)(H,40,43)(H,44,45)/b10-5-/t22-,23+,25-,29+,36-/m1/s1. The van der Waals surface area contributed by atoms with Crippen molar-refractivity contribution >= 4 is 46.4 Å². The molecule has 48 heavy (non-hydrogen) atoms. The third-order valence-corrected chi connectivity index (χ3v) is 10.5. The van der Waals surface area contributed by atoms with Crippen molar-refractivity contribution in [1.82, 2.24) is 20.5 Å². The van der Waals surface area contributed by atoms with Crippen molar-refractivity contribution in [3.8, 4) is 5.75 Å². The number of halogens is 1. The van der Waals surface area contributed by atoms with Gasteiger partial charge in [-0.3, -0.25) is 14.6 Å². The van der Waals surface area contributed by atoms with E-state index in [0.29, 0.717) is 29.1 Å². The maximum atomic E-state index is 14.1. The summed E-state index contributed by atoms with van der Waals surface area (Å²) >= 11 is 6.52. The number of rotatable bonds is 6. The molecule has 3 amide bonds. The van der Waals surface area contributed by atoms with Gasteiger partial charge in [0, 0.05) is 41.9 Å². The number of para-hydroxylation sites is 1. The summed E-state index contributed by atoms with van der Waals surface area (Å²) in [5.74, 6) is -1.62. The highest BCUT2D eigenvalue weighted by Crippen LogP contribution is 2.45. The molecule has 1 saturated heterocycles. The number of aromatic nitrogens is 1. The molecule has 0 bridgehead atoms. The van der Waals surface area contributed by atoms with E-state index in [1.807, 2.05) is 44.2 Å². The molecule has 258 valence electrons. The molecule has 0 radical (unpaired) electrons. The van der Waals surface area contributed by atoms with Gasteiger partial charge in [-0.2, -0.15) is 0 Å². The number of ether oxygens (including phenoxy) is 2. The molecular formula is C36H45ClN4O7. The van der Waals surface area contributed by atoms with Crippen LogP contribution >= 0.6 is 11.6 Å². The van der Waals surface area contributed by atoms with Gasteiger partial charge in [0.1, 0.15) is 29.5 Å². The number of fused-ring (bicyclic) bond motifs is 3. The molecule has 1 aromatic heterocycles. The Labute approximate surface area is 285 Å². The molecule has 2 aromatic rings. The number of nitrogens with one attached hydrogen (secondary N) is 2. The fraction of sp³-hybridized carbons (Fsp3) is 0.583. The Bertz CT molecular complexity index is 1590. The van der Waals surface area contributed by atoms with Crippen molar-refractivity contribution in [2.75, 3.05) is 6.54 Å². The minimum Gasteiger partial charge on any atom is -0.488 e. The predicted octanol–water partition coefficient (Wildman–Crippen LogP) is 5.88. The Morgan fingerprint density at radius 3 is 2.65 bits per heavy atom. The summed E-state index contributed by atoms with van der Waals surface area (Å²) in [5, 5.41) is 17.1. The van der Waals surface area contributed by atoms with Gasteiger partial charge in [-0.1, -0.05) is 50.1 Å². The second-order valence-corrected chi connectivity index (χ2v) is 14.4. The number of alkyl carbamates (subject to hydrolysis) is 1. The van der Waals surface area contributed by atoms with Gasteiger partial charge >= 0.3 is 12.1 Å². The Hall–Kier alpha value is -3.86. The largest absolute Gasteiger partial charge is 0.488 e. The van der Waals surface area contributed by atoms with E-state index in [4.69, 9.17) is 26.1 Å². The summed E-state index contributed by atoms with van der Waals surface area (Å²) < 4.78 is 12.2. The number of allylic oxidation sites excluding steroid dienone is 1. The molecule has 2 aliphatic carbocycles. The molecule has 0 spiro atoms. The van der Waals surface area contributed by atoms with Crippen LogP contribution in [0.3, 0.4) is 0 Å². The van der Waals surface area contributed by atoms with Crippen molar-refractivity contribution in [1.29, 1.82) is 0 Å². The first kappa shape index (κ1) is 34.0. The molecule has 3 heterocycles. The number of hydrogen-bond donors (Lipinski definition) is 3. The van der Waals surface area contributed by atoms with Crippen LogP contribution < -0.4 is 15.4 Å². The van der Waals surface area contributed by atoms with E-state index in [9.17, 15) is 24.3 Å². The van der Waals surface area contributed by atoms with Gasteiger partial charge in [-0.15, -0.1) is 0 Å². The lowest BCUT2D eigenvalue weighted by atomic mass is 10.0.